The van der Waals surface area contributed by atoms with Crippen molar-refractivity contribution in [3.05, 3.63) is 180 Å². The van der Waals surface area contributed by atoms with E-state index in [0.29, 0.717) is 23.0 Å². The monoisotopic (exact) mass is 691 g/mol. The molecule has 1 aliphatic carbocycles. The molecule has 5 nitrogen and oxygen atoms in total. The number of fused-ring (bicyclic) bond motifs is 7. The zero-order valence-electron chi connectivity index (χ0n) is 29.8. The number of para-hydroxylation sites is 1. The Hall–Kier alpha value is -7.16. The van der Waals surface area contributed by atoms with Crippen LogP contribution in [0, 0.1) is 11.3 Å². The number of rotatable bonds is 5. The minimum atomic E-state index is -0.117. The van der Waals surface area contributed by atoms with Crippen LogP contribution >= 0.6 is 0 Å². The van der Waals surface area contributed by atoms with Gasteiger partial charge < -0.3 is 4.57 Å². The number of nitrogens with zero attached hydrogens (tertiary/aromatic N) is 5. The summed E-state index contributed by atoms with van der Waals surface area (Å²) < 4.78 is 2.37. The number of aromatic nitrogens is 4. The summed E-state index contributed by atoms with van der Waals surface area (Å²) in [6.45, 7) is 4.66. The zero-order chi connectivity index (χ0) is 36.4. The number of benzene rings is 7. The van der Waals surface area contributed by atoms with Crippen molar-refractivity contribution in [1.82, 2.24) is 19.5 Å². The summed E-state index contributed by atoms with van der Waals surface area (Å²) in [7, 11) is 0. The average molecular weight is 692 g/mol. The second-order valence-electron chi connectivity index (χ2n) is 14.4. The maximum absolute atomic E-state index is 9.86. The topological polar surface area (TPSA) is 67.4 Å². The Bertz CT molecular complexity index is 2910. The molecular weight excluding hydrogens is 659 g/mol. The van der Waals surface area contributed by atoms with Gasteiger partial charge in [-0.05, 0) is 75.8 Å². The fourth-order valence-electron chi connectivity index (χ4n) is 8.27. The molecule has 0 amide bonds. The van der Waals surface area contributed by atoms with Gasteiger partial charge in [-0.1, -0.05) is 135 Å². The van der Waals surface area contributed by atoms with E-state index in [1.165, 1.54) is 33.0 Å². The van der Waals surface area contributed by atoms with Crippen molar-refractivity contribution in [2.45, 2.75) is 19.3 Å². The molecule has 0 aliphatic heterocycles. The Morgan fingerprint density at radius 2 is 1.11 bits per heavy atom. The highest BCUT2D eigenvalue weighted by Crippen LogP contribution is 2.53. The highest BCUT2D eigenvalue weighted by molar-refractivity contribution is 6.18. The first-order valence-corrected chi connectivity index (χ1v) is 18.2. The van der Waals surface area contributed by atoms with Crippen LogP contribution in [0.25, 0.3) is 83.9 Å². The third-order valence-electron chi connectivity index (χ3n) is 10.8. The molecule has 7 aromatic carbocycles. The molecule has 2 aromatic heterocycles. The van der Waals surface area contributed by atoms with Gasteiger partial charge in [-0.2, -0.15) is 5.26 Å². The summed E-state index contributed by atoms with van der Waals surface area (Å²) in [6, 6.07) is 58.9. The molecule has 0 spiro atoms. The fourth-order valence-corrected chi connectivity index (χ4v) is 8.27. The summed E-state index contributed by atoms with van der Waals surface area (Å²) in [4.78, 5) is 15.2. The van der Waals surface area contributed by atoms with Gasteiger partial charge in [0.25, 0.3) is 0 Å². The third-order valence-corrected chi connectivity index (χ3v) is 10.8. The third kappa shape index (κ3) is 4.96. The van der Waals surface area contributed by atoms with E-state index < -0.39 is 0 Å². The van der Waals surface area contributed by atoms with Crippen molar-refractivity contribution in [3.63, 3.8) is 0 Å². The van der Waals surface area contributed by atoms with Gasteiger partial charge in [0, 0.05) is 38.6 Å². The van der Waals surface area contributed by atoms with Crippen molar-refractivity contribution in [2.75, 3.05) is 0 Å². The maximum atomic E-state index is 9.86. The summed E-state index contributed by atoms with van der Waals surface area (Å²) >= 11 is 0. The van der Waals surface area contributed by atoms with Crippen molar-refractivity contribution in [2.24, 2.45) is 0 Å². The maximum Gasteiger partial charge on any atom is 0.164 e. The number of hydrogen-bond donors (Lipinski definition) is 0. The lowest BCUT2D eigenvalue weighted by Crippen LogP contribution is -2.14. The molecule has 5 heteroatoms. The first-order valence-electron chi connectivity index (χ1n) is 18.2. The van der Waals surface area contributed by atoms with E-state index in [2.05, 4.69) is 109 Å². The van der Waals surface area contributed by atoms with Crippen LogP contribution in [0.5, 0.6) is 0 Å². The van der Waals surface area contributed by atoms with Gasteiger partial charge in [0.15, 0.2) is 17.5 Å². The van der Waals surface area contributed by atoms with E-state index in [-0.39, 0.29) is 5.41 Å². The molecule has 10 rings (SSSR count). The predicted molar refractivity (Wildman–Crippen MR) is 218 cm³/mol. The molecule has 0 fully saturated rings. The molecule has 54 heavy (non-hydrogen) atoms. The van der Waals surface area contributed by atoms with Crippen LogP contribution in [-0.4, -0.2) is 19.5 Å². The molecule has 0 saturated carbocycles. The van der Waals surface area contributed by atoms with E-state index in [1.807, 2.05) is 78.9 Å². The van der Waals surface area contributed by atoms with E-state index in [0.717, 1.165) is 44.5 Å². The van der Waals surface area contributed by atoms with E-state index in [1.54, 1.807) is 0 Å². The van der Waals surface area contributed by atoms with Crippen LogP contribution in [-0.2, 0) is 5.41 Å². The molecule has 254 valence electrons. The molecule has 9 aromatic rings. The lowest BCUT2D eigenvalue weighted by molar-refractivity contribution is 0.661. The first kappa shape index (κ1) is 31.6. The van der Waals surface area contributed by atoms with Crippen LogP contribution in [0.15, 0.2) is 164 Å². The first-order chi connectivity index (χ1) is 26.5. The minimum absolute atomic E-state index is 0.117. The highest BCUT2D eigenvalue weighted by Gasteiger charge is 2.37. The van der Waals surface area contributed by atoms with Crippen LogP contribution in [0.2, 0.25) is 0 Å². The SMILES string of the molecule is CC1(C)c2ccccc2-c2c1ccc1c2c2ccccc2n1-c1cc(-c2cccc(C#N)c2)cc(-c2nc(-c3ccccc3)nc(-c3ccccc3)n2)c1. The largest absolute Gasteiger partial charge is 0.309 e. The molecular formula is C49H33N5. The molecule has 0 saturated heterocycles. The van der Waals surface area contributed by atoms with Crippen molar-refractivity contribution in [1.29, 1.82) is 5.26 Å². The molecule has 0 bridgehead atoms. The van der Waals surface area contributed by atoms with E-state index >= 15 is 0 Å². The Kier molecular flexibility index (Phi) is 7.14. The van der Waals surface area contributed by atoms with Crippen LogP contribution < -0.4 is 0 Å². The Labute approximate surface area is 313 Å². The van der Waals surface area contributed by atoms with Crippen molar-refractivity contribution in [3.8, 4) is 68.2 Å². The Morgan fingerprint density at radius 3 is 1.83 bits per heavy atom. The molecule has 2 heterocycles. The summed E-state index contributed by atoms with van der Waals surface area (Å²) in [5, 5.41) is 12.3. The fraction of sp³-hybridized carbons (Fsp3) is 0.0612. The second kappa shape index (κ2) is 12.2. The van der Waals surface area contributed by atoms with Gasteiger partial charge in [-0.3, -0.25) is 0 Å². The number of hydrogen-bond acceptors (Lipinski definition) is 4. The molecule has 0 N–H and O–H groups in total. The van der Waals surface area contributed by atoms with Gasteiger partial charge in [0.2, 0.25) is 0 Å². The van der Waals surface area contributed by atoms with Gasteiger partial charge in [-0.25, -0.2) is 15.0 Å². The smallest absolute Gasteiger partial charge is 0.164 e. The summed E-state index contributed by atoms with van der Waals surface area (Å²) in [5.41, 5.74) is 13.6. The Balaban J connectivity index is 1.28. The van der Waals surface area contributed by atoms with Gasteiger partial charge in [0.05, 0.1) is 22.7 Å². The van der Waals surface area contributed by atoms with Crippen LogP contribution in [0.1, 0.15) is 30.5 Å². The van der Waals surface area contributed by atoms with Crippen LogP contribution in [0.4, 0.5) is 0 Å². The minimum Gasteiger partial charge on any atom is -0.309 e. The number of nitriles is 1. The lowest BCUT2D eigenvalue weighted by Gasteiger charge is -2.21. The quantitative estimate of drug-likeness (QED) is 0.180. The molecule has 0 unspecified atom stereocenters. The predicted octanol–water partition coefficient (Wildman–Crippen LogP) is 11.8. The normalized spacial score (nSPS) is 12.8. The molecule has 0 atom stereocenters. The standard InChI is InChI=1S/C49H33N5/c1-49(2)40-22-11-9-20-38(40)44-41(49)24-25-43-45(44)39-21-10-12-23-42(39)54(43)37-28-35(34-19-13-14-31(26-34)30-50)27-36(29-37)48-52-46(32-15-5-3-6-16-32)51-47(53-48)33-17-7-4-8-18-33/h3-29H,1-2H3. The van der Waals surface area contributed by atoms with Gasteiger partial charge >= 0.3 is 0 Å². The van der Waals surface area contributed by atoms with Crippen molar-refractivity contribution >= 4 is 21.8 Å². The molecule has 0 radical (unpaired) electrons. The van der Waals surface area contributed by atoms with Crippen molar-refractivity contribution < 1.29 is 0 Å². The van der Waals surface area contributed by atoms with Gasteiger partial charge in [-0.15, -0.1) is 0 Å². The van der Waals surface area contributed by atoms with Crippen LogP contribution in [0.3, 0.4) is 0 Å². The highest BCUT2D eigenvalue weighted by atomic mass is 15.0. The van der Waals surface area contributed by atoms with E-state index in [4.69, 9.17) is 15.0 Å². The van der Waals surface area contributed by atoms with E-state index in [9.17, 15) is 5.26 Å². The van der Waals surface area contributed by atoms with Gasteiger partial charge in [0.1, 0.15) is 0 Å². The Morgan fingerprint density at radius 1 is 0.500 bits per heavy atom. The summed E-state index contributed by atoms with van der Waals surface area (Å²) in [6.07, 6.45) is 0. The molecule has 1 aliphatic rings. The average Bonchev–Trinajstić information content (AvgIpc) is 3.69. The lowest BCUT2D eigenvalue weighted by atomic mass is 9.82. The summed E-state index contributed by atoms with van der Waals surface area (Å²) in [5.74, 6) is 1.78. The second-order valence-corrected chi connectivity index (χ2v) is 14.4. The zero-order valence-corrected chi connectivity index (χ0v) is 29.8.